The van der Waals surface area contributed by atoms with E-state index in [2.05, 4.69) is 39.0 Å². The van der Waals surface area contributed by atoms with E-state index in [0.717, 1.165) is 42.9 Å². The second-order valence-corrected chi connectivity index (χ2v) is 7.10. The maximum absolute atomic E-state index is 7.71. The third-order valence-corrected chi connectivity index (χ3v) is 5.42. The van der Waals surface area contributed by atoms with Gasteiger partial charge in [0.05, 0.1) is 0 Å². The number of rotatable bonds is 4. The molecule has 2 fully saturated rings. The van der Waals surface area contributed by atoms with Crippen LogP contribution in [0.1, 0.15) is 32.1 Å². The number of hydrogen-bond donors (Lipinski definition) is 3. The maximum atomic E-state index is 7.71. The Morgan fingerprint density at radius 3 is 2.92 bits per heavy atom. The maximum Gasteiger partial charge on any atom is 0.0492 e. The lowest BCUT2D eigenvalue weighted by atomic mass is 9.81. The van der Waals surface area contributed by atoms with Gasteiger partial charge in [-0.2, -0.15) is 5.10 Å². The van der Waals surface area contributed by atoms with E-state index in [1.165, 1.54) is 31.9 Å². The highest BCUT2D eigenvalue weighted by atomic mass is 15.3. The van der Waals surface area contributed by atoms with Gasteiger partial charge < -0.3 is 15.6 Å². The Labute approximate surface area is 155 Å². The van der Waals surface area contributed by atoms with Gasteiger partial charge >= 0.3 is 0 Å². The predicted molar refractivity (Wildman–Crippen MR) is 109 cm³/mol. The number of piperidine rings is 2. The highest BCUT2D eigenvalue weighted by molar-refractivity contribution is 5.86. The van der Waals surface area contributed by atoms with Gasteiger partial charge in [-0.3, -0.25) is 10.4 Å². The molecule has 3 N–H and O–H groups in total. The van der Waals surface area contributed by atoms with E-state index in [9.17, 15) is 0 Å². The summed E-state index contributed by atoms with van der Waals surface area (Å²) >= 11 is 0. The normalized spacial score (nSPS) is 32.4. The van der Waals surface area contributed by atoms with Crippen LogP contribution in [-0.2, 0) is 0 Å². The minimum absolute atomic E-state index is 0.210. The number of likely N-dealkylation sites (tertiary alicyclic amines) is 1. The van der Waals surface area contributed by atoms with Gasteiger partial charge in [-0.25, -0.2) is 0 Å². The lowest BCUT2D eigenvalue weighted by Gasteiger charge is -2.47. The van der Waals surface area contributed by atoms with Crippen LogP contribution in [-0.4, -0.2) is 49.2 Å². The zero-order chi connectivity index (χ0) is 18.4. The van der Waals surface area contributed by atoms with E-state index < -0.39 is 0 Å². The summed E-state index contributed by atoms with van der Waals surface area (Å²) in [5.74, 6) is 0. The molecule has 3 aliphatic rings. The molecule has 1 spiro atoms. The molecule has 3 aliphatic heterocycles. The Morgan fingerprint density at radius 2 is 2.19 bits per heavy atom. The van der Waals surface area contributed by atoms with Crippen molar-refractivity contribution in [3.63, 3.8) is 0 Å². The van der Waals surface area contributed by atoms with E-state index in [0.29, 0.717) is 5.57 Å². The standard InChI is InChI=1S/C20H28N6/c1-16-18(17(12-21)13-22-2)14-25-24-10-6-19(16)26-11-5-8-20(15-26)7-3-4-9-23-20/h6,10,12-14,21,23,25H,1-5,7-9,11,15H2/b17-13+,18-14+,19-6+,21-12?,24-10-. The van der Waals surface area contributed by atoms with Crippen LogP contribution in [0.4, 0.5) is 0 Å². The summed E-state index contributed by atoms with van der Waals surface area (Å²) < 4.78 is 0. The Bertz CT molecular complexity index is 686. The molecule has 0 aromatic heterocycles. The SMILES string of the molecule is C=N/C=C(C=N)/C1=C/N/N=C\C=C(\N2CCCC3(CCCCN3)C2)C1=C. The summed E-state index contributed by atoms with van der Waals surface area (Å²) in [6.07, 6.45) is 14.6. The van der Waals surface area contributed by atoms with Crippen LogP contribution in [0.5, 0.6) is 0 Å². The molecular weight excluding hydrogens is 324 g/mol. The zero-order valence-corrected chi connectivity index (χ0v) is 15.3. The highest BCUT2D eigenvalue weighted by Crippen LogP contribution is 2.34. The molecule has 0 amide bonds. The van der Waals surface area contributed by atoms with Gasteiger partial charge in [0.1, 0.15) is 0 Å². The van der Waals surface area contributed by atoms with E-state index in [1.54, 1.807) is 18.6 Å². The van der Waals surface area contributed by atoms with Crippen LogP contribution in [0.25, 0.3) is 0 Å². The van der Waals surface area contributed by atoms with Gasteiger partial charge in [-0.1, -0.05) is 13.0 Å². The van der Waals surface area contributed by atoms with Crippen LogP contribution in [0.15, 0.2) is 57.6 Å². The van der Waals surface area contributed by atoms with Crippen LogP contribution in [0.3, 0.4) is 0 Å². The Morgan fingerprint density at radius 1 is 1.35 bits per heavy atom. The first-order valence-electron chi connectivity index (χ1n) is 9.25. The van der Waals surface area contributed by atoms with Crippen molar-refractivity contribution in [2.45, 2.75) is 37.6 Å². The summed E-state index contributed by atoms with van der Waals surface area (Å²) in [5.41, 5.74) is 6.49. The van der Waals surface area contributed by atoms with Gasteiger partial charge in [-0.15, -0.1) is 0 Å². The molecule has 0 saturated carbocycles. The van der Waals surface area contributed by atoms with E-state index >= 15 is 0 Å². The first kappa shape index (κ1) is 18.3. The van der Waals surface area contributed by atoms with Crippen LogP contribution >= 0.6 is 0 Å². The topological polar surface area (TPSA) is 75.9 Å². The molecule has 0 bridgehead atoms. The molecule has 0 aliphatic carbocycles. The second kappa shape index (κ2) is 8.27. The molecule has 0 aromatic carbocycles. The van der Waals surface area contributed by atoms with E-state index in [4.69, 9.17) is 5.41 Å². The molecule has 3 heterocycles. The Balaban J connectivity index is 1.88. The van der Waals surface area contributed by atoms with Crippen molar-refractivity contribution < 1.29 is 0 Å². The first-order chi connectivity index (χ1) is 12.7. The van der Waals surface area contributed by atoms with Gasteiger partial charge in [-0.05, 0) is 45.0 Å². The summed E-state index contributed by atoms with van der Waals surface area (Å²) in [6, 6.07) is 0. The lowest BCUT2D eigenvalue weighted by Crippen LogP contribution is -2.58. The molecule has 1 unspecified atom stereocenters. The lowest BCUT2D eigenvalue weighted by molar-refractivity contribution is 0.124. The van der Waals surface area contributed by atoms with E-state index in [-0.39, 0.29) is 5.54 Å². The van der Waals surface area contributed by atoms with Crippen LogP contribution < -0.4 is 10.7 Å². The third kappa shape index (κ3) is 3.85. The van der Waals surface area contributed by atoms with Crippen molar-refractivity contribution in [2.24, 2.45) is 10.1 Å². The fourth-order valence-corrected chi connectivity index (χ4v) is 4.13. The molecule has 2 saturated heterocycles. The molecule has 0 radical (unpaired) electrons. The number of nitrogens with zero attached hydrogens (tertiary/aromatic N) is 3. The molecule has 26 heavy (non-hydrogen) atoms. The Kier molecular flexibility index (Phi) is 5.83. The third-order valence-electron chi connectivity index (χ3n) is 5.42. The van der Waals surface area contributed by atoms with Crippen molar-refractivity contribution in [2.75, 3.05) is 19.6 Å². The largest absolute Gasteiger partial charge is 0.369 e. The van der Waals surface area contributed by atoms with Gasteiger partial charge in [0.2, 0.25) is 0 Å². The van der Waals surface area contributed by atoms with Crippen molar-refractivity contribution in [1.29, 1.82) is 5.41 Å². The van der Waals surface area contributed by atoms with E-state index in [1.807, 2.05) is 6.08 Å². The molecule has 138 valence electrons. The molecule has 6 nitrogen and oxygen atoms in total. The van der Waals surface area contributed by atoms with Gasteiger partial charge in [0, 0.05) is 65.9 Å². The van der Waals surface area contributed by atoms with Gasteiger partial charge in [0.15, 0.2) is 0 Å². The number of allylic oxidation sites excluding steroid dienone is 3. The molecular formula is C20H28N6. The molecule has 1 atom stereocenters. The smallest absolute Gasteiger partial charge is 0.0492 e. The summed E-state index contributed by atoms with van der Waals surface area (Å²) in [6.45, 7) is 10.9. The second-order valence-electron chi connectivity index (χ2n) is 7.10. The summed E-state index contributed by atoms with van der Waals surface area (Å²) in [4.78, 5) is 6.24. The fourth-order valence-electron chi connectivity index (χ4n) is 4.13. The quantitative estimate of drug-likeness (QED) is 0.681. The molecule has 3 rings (SSSR count). The number of hydrogen-bond acceptors (Lipinski definition) is 6. The highest BCUT2D eigenvalue weighted by Gasteiger charge is 2.37. The average molecular weight is 352 g/mol. The summed E-state index contributed by atoms with van der Waals surface area (Å²) in [5, 5.41) is 15.7. The van der Waals surface area contributed by atoms with Crippen molar-refractivity contribution in [1.82, 2.24) is 15.6 Å². The minimum Gasteiger partial charge on any atom is -0.369 e. The first-order valence-corrected chi connectivity index (χ1v) is 9.25. The number of nitrogens with one attached hydrogen (secondary N) is 3. The average Bonchev–Trinajstić information content (AvgIpc) is 2.65. The fraction of sp³-hybridized carbons (Fsp3) is 0.450. The van der Waals surface area contributed by atoms with Crippen LogP contribution in [0, 0.1) is 5.41 Å². The minimum atomic E-state index is 0.210. The molecule has 6 heteroatoms. The van der Waals surface area contributed by atoms with Crippen molar-refractivity contribution in [3.05, 3.63) is 47.5 Å². The number of aliphatic imine (C=N–C) groups is 1. The van der Waals surface area contributed by atoms with Crippen LogP contribution in [0.2, 0.25) is 0 Å². The monoisotopic (exact) mass is 352 g/mol. The predicted octanol–water partition coefficient (Wildman–Crippen LogP) is 2.74. The zero-order valence-electron chi connectivity index (χ0n) is 15.3. The molecule has 0 aromatic rings. The Hall–Kier alpha value is -2.47. The summed E-state index contributed by atoms with van der Waals surface area (Å²) in [7, 11) is 0. The van der Waals surface area contributed by atoms with Crippen molar-refractivity contribution in [3.8, 4) is 0 Å². The van der Waals surface area contributed by atoms with Gasteiger partial charge in [0.25, 0.3) is 0 Å². The number of hydrazone groups is 1. The van der Waals surface area contributed by atoms with Crippen molar-refractivity contribution >= 4 is 19.1 Å².